The second-order valence-corrected chi connectivity index (χ2v) is 8.86. The predicted octanol–water partition coefficient (Wildman–Crippen LogP) is 6.47. The highest BCUT2D eigenvalue weighted by molar-refractivity contribution is 7.99. The van der Waals surface area contributed by atoms with E-state index < -0.39 is 0 Å². The lowest BCUT2D eigenvalue weighted by Gasteiger charge is -2.17. The van der Waals surface area contributed by atoms with Gasteiger partial charge in [-0.05, 0) is 53.6 Å². The fourth-order valence-electron chi connectivity index (χ4n) is 3.47. The van der Waals surface area contributed by atoms with Gasteiger partial charge >= 0.3 is 0 Å². The lowest BCUT2D eigenvalue weighted by atomic mass is 10.0. The van der Waals surface area contributed by atoms with E-state index in [-0.39, 0.29) is 11.9 Å². The molecule has 1 aliphatic rings. The number of thioether (sulfide) groups is 1. The van der Waals surface area contributed by atoms with Crippen molar-refractivity contribution in [3.8, 4) is 11.5 Å². The molecule has 0 aromatic heterocycles. The molecule has 31 heavy (non-hydrogen) atoms. The van der Waals surface area contributed by atoms with E-state index in [9.17, 15) is 0 Å². The number of aliphatic imine (C=N–C) groups is 1. The lowest BCUT2D eigenvalue weighted by molar-refractivity contribution is 0.228. The van der Waals surface area contributed by atoms with Crippen LogP contribution in [0.25, 0.3) is 0 Å². The quantitative estimate of drug-likeness (QED) is 0.416. The van der Waals surface area contributed by atoms with Gasteiger partial charge in [0.15, 0.2) is 11.5 Å². The fraction of sp³-hybridized carbons (Fsp3) is 0.240. The molecule has 1 atom stereocenters. The van der Waals surface area contributed by atoms with Crippen molar-refractivity contribution >= 4 is 34.8 Å². The van der Waals surface area contributed by atoms with Crippen molar-refractivity contribution in [1.29, 1.82) is 0 Å². The summed E-state index contributed by atoms with van der Waals surface area (Å²) in [6.45, 7) is 0.538. The zero-order valence-electron chi connectivity index (χ0n) is 17.3. The first-order valence-electron chi connectivity index (χ1n) is 10.2. The Kier molecular flexibility index (Phi) is 7.17. The molecule has 1 N–H and O–H groups in total. The number of aliphatic hydroxyl groups is 1. The number of ether oxygens (including phenoxy) is 2. The molecule has 0 aliphatic carbocycles. The highest BCUT2D eigenvalue weighted by Gasteiger charge is 2.23. The summed E-state index contributed by atoms with van der Waals surface area (Å²) < 4.78 is 11.3. The summed E-state index contributed by atoms with van der Waals surface area (Å²) in [6.07, 6.45) is 1.35. The van der Waals surface area contributed by atoms with E-state index in [0.717, 1.165) is 33.3 Å². The third-order valence-corrected chi connectivity index (χ3v) is 6.64. The second-order valence-electron chi connectivity index (χ2n) is 7.18. The molecule has 0 saturated heterocycles. The van der Waals surface area contributed by atoms with E-state index in [4.69, 9.17) is 31.2 Å². The van der Waals surface area contributed by atoms with Crippen molar-refractivity contribution in [2.24, 2.45) is 4.99 Å². The summed E-state index contributed by atoms with van der Waals surface area (Å²) in [5.74, 6) is 1.32. The van der Waals surface area contributed by atoms with Crippen LogP contribution in [0, 0.1) is 0 Å². The highest BCUT2D eigenvalue weighted by Crippen LogP contribution is 2.46. The van der Waals surface area contributed by atoms with E-state index in [2.05, 4.69) is 24.3 Å². The van der Waals surface area contributed by atoms with Gasteiger partial charge in [0.2, 0.25) is 0 Å². The Morgan fingerprint density at radius 3 is 2.65 bits per heavy atom. The van der Waals surface area contributed by atoms with E-state index >= 15 is 0 Å². The minimum Gasteiger partial charge on any atom is -0.493 e. The molecule has 1 aliphatic heterocycles. The van der Waals surface area contributed by atoms with Crippen LogP contribution in [0.2, 0.25) is 5.02 Å². The van der Waals surface area contributed by atoms with Gasteiger partial charge in [0, 0.05) is 40.3 Å². The number of para-hydroxylation sites is 1. The molecule has 0 amide bonds. The molecule has 3 aromatic carbocycles. The van der Waals surface area contributed by atoms with E-state index in [1.807, 2.05) is 54.2 Å². The summed E-state index contributed by atoms with van der Waals surface area (Å²) in [5.41, 5.74) is 4.19. The molecule has 1 heterocycles. The summed E-state index contributed by atoms with van der Waals surface area (Å²) >= 11 is 7.94. The van der Waals surface area contributed by atoms with Gasteiger partial charge in [0.1, 0.15) is 0 Å². The molecule has 0 fully saturated rings. The highest BCUT2D eigenvalue weighted by atomic mass is 35.5. The zero-order valence-corrected chi connectivity index (χ0v) is 18.8. The number of hydrogen-bond donors (Lipinski definition) is 1. The number of fused-ring (bicyclic) bond motifs is 1. The Balaban J connectivity index is 1.70. The van der Waals surface area contributed by atoms with Gasteiger partial charge in [-0.25, -0.2) is 0 Å². The standard InChI is InChI=1S/C25H24ClNO3S/c1-29-23-15-18(9-12-22(23)30-14-4-13-28)21-16-25(17-7-10-19(26)11-8-17)31-24-6-3-2-5-20(24)27-21/h2-3,5-12,15,25,28H,4,13-14,16H2,1H3. The van der Waals surface area contributed by atoms with Crippen LogP contribution in [-0.2, 0) is 0 Å². The molecule has 6 heteroatoms. The Morgan fingerprint density at radius 2 is 1.87 bits per heavy atom. The van der Waals surface area contributed by atoms with E-state index in [1.54, 1.807) is 7.11 Å². The van der Waals surface area contributed by atoms with Gasteiger partial charge in [-0.15, -0.1) is 11.8 Å². The van der Waals surface area contributed by atoms with Crippen LogP contribution < -0.4 is 9.47 Å². The van der Waals surface area contributed by atoms with Crippen molar-refractivity contribution in [2.45, 2.75) is 23.0 Å². The molecule has 0 bridgehead atoms. The van der Waals surface area contributed by atoms with Crippen molar-refractivity contribution < 1.29 is 14.6 Å². The van der Waals surface area contributed by atoms with Crippen LogP contribution in [0.1, 0.15) is 29.2 Å². The topological polar surface area (TPSA) is 51.0 Å². The molecule has 160 valence electrons. The third kappa shape index (κ3) is 5.24. The average Bonchev–Trinajstić information content (AvgIpc) is 2.99. The van der Waals surface area contributed by atoms with Gasteiger partial charge < -0.3 is 14.6 Å². The Bertz CT molecular complexity index is 1070. The average molecular weight is 454 g/mol. The Hall–Kier alpha value is -2.47. The van der Waals surface area contributed by atoms with E-state index in [1.165, 1.54) is 5.56 Å². The molecule has 4 nitrogen and oxygen atoms in total. The maximum absolute atomic E-state index is 8.99. The van der Waals surface area contributed by atoms with Crippen LogP contribution in [-0.4, -0.2) is 31.1 Å². The van der Waals surface area contributed by atoms with Crippen molar-refractivity contribution in [3.05, 3.63) is 82.9 Å². The first-order chi connectivity index (χ1) is 15.2. The zero-order chi connectivity index (χ0) is 21.6. The molecule has 0 saturated carbocycles. The summed E-state index contributed by atoms with van der Waals surface area (Å²) in [6, 6.07) is 22.2. The fourth-order valence-corrected chi connectivity index (χ4v) is 4.83. The molecule has 4 rings (SSSR count). The normalized spacial score (nSPS) is 15.6. The minimum absolute atomic E-state index is 0.0976. The Labute approximate surface area is 191 Å². The first kappa shape index (κ1) is 21.8. The van der Waals surface area contributed by atoms with Crippen molar-refractivity contribution in [3.63, 3.8) is 0 Å². The molecular formula is C25H24ClNO3S. The summed E-state index contributed by atoms with van der Waals surface area (Å²) in [7, 11) is 1.63. The van der Waals surface area contributed by atoms with Gasteiger partial charge in [-0.2, -0.15) is 0 Å². The maximum Gasteiger partial charge on any atom is 0.161 e. The van der Waals surface area contributed by atoms with Crippen LogP contribution in [0.15, 0.2) is 76.6 Å². The van der Waals surface area contributed by atoms with E-state index in [0.29, 0.717) is 24.5 Å². The van der Waals surface area contributed by atoms with Crippen LogP contribution in [0.5, 0.6) is 11.5 Å². The van der Waals surface area contributed by atoms with Crippen molar-refractivity contribution in [2.75, 3.05) is 20.3 Å². The molecule has 0 spiro atoms. The number of benzene rings is 3. The maximum atomic E-state index is 8.99. The molecule has 1 unspecified atom stereocenters. The SMILES string of the molecule is COc1cc(C2=Nc3ccccc3SC(c3ccc(Cl)cc3)C2)ccc1OCCCO. The van der Waals surface area contributed by atoms with Crippen LogP contribution in [0.4, 0.5) is 5.69 Å². The lowest BCUT2D eigenvalue weighted by Crippen LogP contribution is -2.07. The number of aliphatic hydroxyl groups excluding tert-OH is 1. The smallest absolute Gasteiger partial charge is 0.161 e. The number of methoxy groups -OCH3 is 1. The van der Waals surface area contributed by atoms with Gasteiger partial charge in [-0.3, -0.25) is 4.99 Å². The van der Waals surface area contributed by atoms with Crippen LogP contribution in [0.3, 0.4) is 0 Å². The number of nitrogens with zero attached hydrogens (tertiary/aromatic N) is 1. The molecule has 3 aromatic rings. The summed E-state index contributed by atoms with van der Waals surface area (Å²) in [4.78, 5) is 6.18. The number of hydrogen-bond acceptors (Lipinski definition) is 5. The van der Waals surface area contributed by atoms with Gasteiger partial charge in [0.05, 0.1) is 19.4 Å². The molecule has 0 radical (unpaired) electrons. The summed E-state index contributed by atoms with van der Waals surface area (Å²) in [5, 5.41) is 9.94. The minimum atomic E-state index is 0.0976. The predicted molar refractivity (Wildman–Crippen MR) is 127 cm³/mol. The number of rotatable bonds is 7. The third-order valence-electron chi connectivity index (χ3n) is 5.07. The van der Waals surface area contributed by atoms with Gasteiger partial charge in [-0.1, -0.05) is 35.9 Å². The molecular weight excluding hydrogens is 430 g/mol. The second kappa shape index (κ2) is 10.2. The van der Waals surface area contributed by atoms with Crippen LogP contribution >= 0.6 is 23.4 Å². The first-order valence-corrected chi connectivity index (χ1v) is 11.4. The largest absolute Gasteiger partial charge is 0.493 e. The number of halogens is 1. The Morgan fingerprint density at radius 1 is 1.06 bits per heavy atom. The monoisotopic (exact) mass is 453 g/mol. The van der Waals surface area contributed by atoms with Crippen molar-refractivity contribution in [1.82, 2.24) is 0 Å². The van der Waals surface area contributed by atoms with Gasteiger partial charge in [0.25, 0.3) is 0 Å².